The van der Waals surface area contributed by atoms with E-state index in [0.29, 0.717) is 5.92 Å². The van der Waals surface area contributed by atoms with Crippen molar-refractivity contribution in [2.75, 3.05) is 40.3 Å². The minimum Gasteiger partial charge on any atom is -0.453 e. The molecule has 1 saturated heterocycles. The minimum absolute atomic E-state index is 0.0118. The van der Waals surface area contributed by atoms with Gasteiger partial charge in [-0.05, 0) is 44.1 Å². The Hall–Kier alpha value is -1.30. The van der Waals surface area contributed by atoms with Gasteiger partial charge >= 0.3 is 6.09 Å². The Labute approximate surface area is 139 Å². The third kappa shape index (κ3) is 5.37. The summed E-state index contributed by atoms with van der Waals surface area (Å²) in [6.45, 7) is 7.69. The van der Waals surface area contributed by atoms with E-state index in [1.54, 1.807) is 0 Å². The molecule has 0 unspecified atom stereocenters. The summed E-state index contributed by atoms with van der Waals surface area (Å²) in [5, 5.41) is 2.67. The predicted molar refractivity (Wildman–Crippen MR) is 89.1 cm³/mol. The van der Waals surface area contributed by atoms with Crippen LogP contribution in [0, 0.1) is 17.8 Å². The Kier molecular flexibility index (Phi) is 6.27. The molecule has 6 nitrogen and oxygen atoms in total. The second-order valence-electron chi connectivity index (χ2n) is 7.46. The lowest BCUT2D eigenvalue weighted by Crippen LogP contribution is -2.50. The molecule has 2 aliphatic rings. The second kappa shape index (κ2) is 7.99. The van der Waals surface area contributed by atoms with Gasteiger partial charge in [0, 0.05) is 26.2 Å². The van der Waals surface area contributed by atoms with E-state index >= 15 is 0 Å². The SMILES string of the molecule is COC(=O)N[C@@H](C(=O)N1CC[C@@H](CN(C)CC2CC2)C1)C(C)C. The molecular formula is C17H31N3O3. The molecule has 0 spiro atoms. The van der Waals surface area contributed by atoms with Crippen LogP contribution in [-0.4, -0.2) is 68.2 Å². The fourth-order valence-electron chi connectivity index (χ4n) is 3.33. The normalized spacial score (nSPS) is 22.5. The van der Waals surface area contributed by atoms with Crippen LogP contribution in [-0.2, 0) is 9.53 Å². The van der Waals surface area contributed by atoms with Crippen LogP contribution in [0.3, 0.4) is 0 Å². The molecule has 1 N–H and O–H groups in total. The summed E-state index contributed by atoms with van der Waals surface area (Å²) in [7, 11) is 3.50. The lowest BCUT2D eigenvalue weighted by molar-refractivity contribution is -0.133. The molecule has 2 atom stereocenters. The first-order valence-corrected chi connectivity index (χ1v) is 8.72. The van der Waals surface area contributed by atoms with Gasteiger partial charge in [-0.15, -0.1) is 0 Å². The molecule has 0 bridgehead atoms. The molecule has 132 valence electrons. The predicted octanol–water partition coefficient (Wildman–Crippen LogP) is 1.56. The van der Waals surface area contributed by atoms with Gasteiger partial charge in [-0.2, -0.15) is 0 Å². The zero-order chi connectivity index (χ0) is 17.0. The van der Waals surface area contributed by atoms with Crippen molar-refractivity contribution in [3.8, 4) is 0 Å². The molecule has 2 amide bonds. The van der Waals surface area contributed by atoms with Crippen molar-refractivity contribution in [2.24, 2.45) is 17.8 Å². The van der Waals surface area contributed by atoms with Gasteiger partial charge in [0.05, 0.1) is 7.11 Å². The number of nitrogens with zero attached hydrogens (tertiary/aromatic N) is 2. The van der Waals surface area contributed by atoms with Gasteiger partial charge in [0.1, 0.15) is 6.04 Å². The molecule has 1 aliphatic heterocycles. The first-order chi connectivity index (χ1) is 10.9. The summed E-state index contributed by atoms with van der Waals surface area (Å²) in [4.78, 5) is 28.5. The van der Waals surface area contributed by atoms with Crippen LogP contribution < -0.4 is 5.32 Å². The zero-order valence-electron chi connectivity index (χ0n) is 14.9. The number of methoxy groups -OCH3 is 1. The summed E-state index contributed by atoms with van der Waals surface area (Å²) >= 11 is 0. The average molecular weight is 325 g/mol. The van der Waals surface area contributed by atoms with E-state index in [-0.39, 0.29) is 11.8 Å². The quantitative estimate of drug-likeness (QED) is 0.771. The first-order valence-electron chi connectivity index (χ1n) is 8.72. The van der Waals surface area contributed by atoms with E-state index in [9.17, 15) is 9.59 Å². The summed E-state index contributed by atoms with van der Waals surface area (Å²) in [6, 6.07) is -0.509. The number of carbonyl (C=O) groups excluding carboxylic acids is 2. The van der Waals surface area contributed by atoms with Gasteiger partial charge < -0.3 is 19.9 Å². The van der Waals surface area contributed by atoms with E-state index in [1.807, 2.05) is 18.7 Å². The Morgan fingerprint density at radius 3 is 2.43 bits per heavy atom. The molecule has 2 rings (SSSR count). The second-order valence-corrected chi connectivity index (χ2v) is 7.46. The molecule has 23 heavy (non-hydrogen) atoms. The van der Waals surface area contributed by atoms with Crippen LogP contribution in [0.15, 0.2) is 0 Å². The number of amides is 2. The zero-order valence-corrected chi connectivity index (χ0v) is 14.9. The lowest BCUT2D eigenvalue weighted by Gasteiger charge is -2.27. The van der Waals surface area contributed by atoms with Crippen molar-refractivity contribution < 1.29 is 14.3 Å². The van der Waals surface area contributed by atoms with E-state index in [4.69, 9.17) is 0 Å². The molecule has 2 fully saturated rings. The van der Waals surface area contributed by atoms with Crippen molar-refractivity contribution in [3.05, 3.63) is 0 Å². The number of hydrogen-bond donors (Lipinski definition) is 1. The number of nitrogens with one attached hydrogen (secondary N) is 1. The average Bonchev–Trinajstić information content (AvgIpc) is 3.18. The van der Waals surface area contributed by atoms with E-state index in [0.717, 1.165) is 32.0 Å². The molecule has 0 radical (unpaired) electrons. The number of alkyl carbamates (subject to hydrolysis) is 1. The molecule has 0 aromatic carbocycles. The van der Waals surface area contributed by atoms with Crippen LogP contribution >= 0.6 is 0 Å². The Balaban J connectivity index is 1.82. The molecule has 6 heteroatoms. The van der Waals surface area contributed by atoms with Crippen molar-refractivity contribution in [3.63, 3.8) is 0 Å². The fraction of sp³-hybridized carbons (Fsp3) is 0.882. The van der Waals surface area contributed by atoms with Crippen LogP contribution in [0.5, 0.6) is 0 Å². The van der Waals surface area contributed by atoms with Crippen molar-refractivity contribution >= 4 is 12.0 Å². The third-order valence-electron chi connectivity index (χ3n) is 4.83. The highest BCUT2D eigenvalue weighted by molar-refractivity contribution is 5.86. The third-order valence-corrected chi connectivity index (χ3v) is 4.83. The van der Waals surface area contributed by atoms with Gasteiger partial charge in [-0.1, -0.05) is 13.8 Å². The summed E-state index contributed by atoms with van der Waals surface area (Å²) in [5.74, 6) is 1.48. The fourth-order valence-corrected chi connectivity index (χ4v) is 3.33. The lowest BCUT2D eigenvalue weighted by atomic mass is 10.0. The highest BCUT2D eigenvalue weighted by atomic mass is 16.5. The molecular weight excluding hydrogens is 294 g/mol. The van der Waals surface area contributed by atoms with Gasteiger partial charge in [-0.25, -0.2) is 4.79 Å². The maximum Gasteiger partial charge on any atom is 0.407 e. The van der Waals surface area contributed by atoms with Crippen molar-refractivity contribution in [1.82, 2.24) is 15.1 Å². The number of rotatable bonds is 7. The number of carbonyl (C=O) groups is 2. The Morgan fingerprint density at radius 2 is 1.87 bits per heavy atom. The first kappa shape index (κ1) is 18.0. The van der Waals surface area contributed by atoms with E-state index in [1.165, 1.54) is 26.5 Å². The van der Waals surface area contributed by atoms with E-state index in [2.05, 4.69) is 22.0 Å². The van der Waals surface area contributed by atoms with Crippen molar-refractivity contribution in [2.45, 2.75) is 39.2 Å². The van der Waals surface area contributed by atoms with E-state index < -0.39 is 12.1 Å². The van der Waals surface area contributed by atoms with Gasteiger partial charge in [-0.3, -0.25) is 4.79 Å². The van der Waals surface area contributed by atoms with Crippen LogP contribution in [0.25, 0.3) is 0 Å². The largest absolute Gasteiger partial charge is 0.453 e. The number of likely N-dealkylation sites (tertiary alicyclic amines) is 1. The summed E-state index contributed by atoms with van der Waals surface area (Å²) in [6.07, 6.45) is 3.24. The van der Waals surface area contributed by atoms with Crippen LogP contribution in [0.1, 0.15) is 33.1 Å². The maximum absolute atomic E-state index is 12.7. The van der Waals surface area contributed by atoms with Gasteiger partial charge in [0.15, 0.2) is 0 Å². The highest BCUT2D eigenvalue weighted by Crippen LogP contribution is 2.30. The van der Waals surface area contributed by atoms with Crippen LogP contribution in [0.2, 0.25) is 0 Å². The highest BCUT2D eigenvalue weighted by Gasteiger charge is 2.34. The Morgan fingerprint density at radius 1 is 1.22 bits per heavy atom. The van der Waals surface area contributed by atoms with Crippen LogP contribution in [0.4, 0.5) is 4.79 Å². The minimum atomic E-state index is -0.544. The molecule has 0 aromatic rings. The monoisotopic (exact) mass is 325 g/mol. The molecule has 1 aliphatic carbocycles. The number of ether oxygens (including phenoxy) is 1. The topological polar surface area (TPSA) is 61.9 Å². The molecule has 0 aromatic heterocycles. The Bertz CT molecular complexity index is 423. The standard InChI is InChI=1S/C17H31N3O3/c1-12(2)15(18-17(22)23-4)16(21)20-8-7-14(11-20)10-19(3)9-13-5-6-13/h12-15H,5-11H2,1-4H3,(H,18,22)/t14-,15+/m0/s1. The summed E-state index contributed by atoms with van der Waals surface area (Å²) < 4.78 is 4.63. The van der Waals surface area contributed by atoms with Gasteiger partial charge in [0.25, 0.3) is 0 Å². The molecule has 1 saturated carbocycles. The molecule has 1 heterocycles. The summed E-state index contributed by atoms with van der Waals surface area (Å²) in [5.41, 5.74) is 0. The van der Waals surface area contributed by atoms with Gasteiger partial charge in [0.2, 0.25) is 5.91 Å². The number of hydrogen-bond acceptors (Lipinski definition) is 4. The smallest absolute Gasteiger partial charge is 0.407 e. The van der Waals surface area contributed by atoms with Crippen molar-refractivity contribution in [1.29, 1.82) is 0 Å². The maximum atomic E-state index is 12.7.